The van der Waals surface area contributed by atoms with Crippen molar-refractivity contribution in [3.05, 3.63) is 41.2 Å². The lowest BCUT2D eigenvalue weighted by molar-refractivity contribution is 0.0657. The smallest absolute Gasteiger partial charge is 0.323 e. The summed E-state index contributed by atoms with van der Waals surface area (Å²) < 4.78 is 7.46. The molecule has 1 aromatic carbocycles. The highest BCUT2D eigenvalue weighted by Gasteiger charge is 2.13. The Morgan fingerprint density at radius 1 is 1.29 bits per heavy atom. The Bertz CT molecular complexity index is 707. The SMILES string of the molecule is CCn1nc(C)c(NC(=O)Nc2cccc(COC(C)C)c2)c1C. The van der Waals surface area contributed by atoms with Crippen molar-refractivity contribution in [3.8, 4) is 0 Å². The van der Waals surface area contributed by atoms with Crippen molar-refractivity contribution < 1.29 is 9.53 Å². The highest BCUT2D eigenvalue weighted by Crippen LogP contribution is 2.20. The molecule has 2 rings (SSSR count). The van der Waals surface area contributed by atoms with Crippen molar-refractivity contribution in [3.63, 3.8) is 0 Å². The maximum absolute atomic E-state index is 12.3. The van der Waals surface area contributed by atoms with Gasteiger partial charge in [0.25, 0.3) is 0 Å². The first-order chi connectivity index (χ1) is 11.4. The molecule has 1 aromatic heterocycles. The van der Waals surface area contributed by atoms with Crippen LogP contribution in [0.25, 0.3) is 0 Å². The van der Waals surface area contributed by atoms with Crippen molar-refractivity contribution in [2.75, 3.05) is 10.6 Å². The van der Waals surface area contributed by atoms with Gasteiger partial charge in [-0.2, -0.15) is 5.10 Å². The first kappa shape index (κ1) is 18.0. The summed E-state index contributed by atoms with van der Waals surface area (Å²) in [5.41, 5.74) is 4.27. The average Bonchev–Trinajstić information content (AvgIpc) is 2.80. The monoisotopic (exact) mass is 330 g/mol. The van der Waals surface area contributed by atoms with E-state index in [9.17, 15) is 4.79 Å². The van der Waals surface area contributed by atoms with Gasteiger partial charge in [-0.15, -0.1) is 0 Å². The number of carbonyl (C=O) groups is 1. The molecule has 2 amide bonds. The van der Waals surface area contributed by atoms with Crippen LogP contribution < -0.4 is 10.6 Å². The number of rotatable bonds is 6. The zero-order valence-electron chi connectivity index (χ0n) is 15.0. The van der Waals surface area contributed by atoms with E-state index in [4.69, 9.17) is 4.74 Å². The number of anilines is 2. The Balaban J connectivity index is 2.02. The predicted molar refractivity (Wildman–Crippen MR) is 96.4 cm³/mol. The van der Waals surface area contributed by atoms with Gasteiger partial charge in [-0.25, -0.2) is 4.79 Å². The lowest BCUT2D eigenvalue weighted by Gasteiger charge is -2.11. The van der Waals surface area contributed by atoms with Crippen LogP contribution in [0.3, 0.4) is 0 Å². The molecule has 6 heteroatoms. The highest BCUT2D eigenvalue weighted by atomic mass is 16.5. The zero-order valence-corrected chi connectivity index (χ0v) is 15.0. The van der Waals surface area contributed by atoms with Gasteiger partial charge in [0.15, 0.2) is 0 Å². The molecular formula is C18H26N4O2. The van der Waals surface area contributed by atoms with Crippen LogP contribution in [0.2, 0.25) is 0 Å². The van der Waals surface area contributed by atoms with E-state index in [2.05, 4.69) is 15.7 Å². The van der Waals surface area contributed by atoms with Gasteiger partial charge in [0.1, 0.15) is 0 Å². The number of aromatic nitrogens is 2. The van der Waals surface area contributed by atoms with E-state index in [1.807, 2.05) is 63.6 Å². The van der Waals surface area contributed by atoms with E-state index in [0.29, 0.717) is 6.61 Å². The average molecular weight is 330 g/mol. The number of hydrogen-bond acceptors (Lipinski definition) is 3. The number of aryl methyl sites for hydroxylation is 2. The molecule has 0 aliphatic rings. The third-order valence-corrected chi connectivity index (χ3v) is 3.69. The lowest BCUT2D eigenvalue weighted by Crippen LogP contribution is -2.20. The number of amides is 2. The predicted octanol–water partition coefficient (Wildman–Crippen LogP) is 4.09. The summed E-state index contributed by atoms with van der Waals surface area (Å²) in [6.45, 7) is 11.1. The molecule has 0 atom stereocenters. The van der Waals surface area contributed by atoms with Gasteiger partial charge in [-0.1, -0.05) is 12.1 Å². The van der Waals surface area contributed by atoms with Gasteiger partial charge in [-0.3, -0.25) is 4.68 Å². The van der Waals surface area contributed by atoms with E-state index in [-0.39, 0.29) is 12.1 Å². The fourth-order valence-corrected chi connectivity index (χ4v) is 2.46. The molecule has 0 saturated carbocycles. The van der Waals surface area contributed by atoms with Crippen molar-refractivity contribution in [1.82, 2.24) is 9.78 Å². The van der Waals surface area contributed by atoms with Gasteiger partial charge >= 0.3 is 6.03 Å². The maximum atomic E-state index is 12.3. The van der Waals surface area contributed by atoms with Crippen molar-refractivity contribution >= 4 is 17.4 Å². The molecule has 2 N–H and O–H groups in total. The quantitative estimate of drug-likeness (QED) is 0.838. The standard InChI is InChI=1S/C18H26N4O2/c1-6-22-14(5)17(13(4)21-22)20-18(23)19-16-9-7-8-15(10-16)11-24-12(2)3/h7-10,12H,6,11H2,1-5H3,(H2,19,20,23). The van der Waals surface area contributed by atoms with Crippen molar-refractivity contribution in [2.24, 2.45) is 0 Å². The summed E-state index contributed by atoms with van der Waals surface area (Å²) in [7, 11) is 0. The van der Waals surface area contributed by atoms with E-state index in [1.54, 1.807) is 0 Å². The molecule has 0 radical (unpaired) electrons. The third kappa shape index (κ3) is 4.58. The van der Waals surface area contributed by atoms with Crippen molar-refractivity contribution in [2.45, 2.75) is 53.9 Å². The second-order valence-electron chi connectivity index (χ2n) is 6.00. The first-order valence-electron chi connectivity index (χ1n) is 8.23. The Morgan fingerprint density at radius 3 is 2.67 bits per heavy atom. The number of benzene rings is 1. The molecule has 1 heterocycles. The summed E-state index contributed by atoms with van der Waals surface area (Å²) in [5.74, 6) is 0. The summed E-state index contributed by atoms with van der Waals surface area (Å²) in [6, 6.07) is 7.37. The molecule has 2 aromatic rings. The van der Waals surface area contributed by atoms with Gasteiger partial charge in [-0.05, 0) is 52.3 Å². The van der Waals surface area contributed by atoms with Gasteiger partial charge in [0.2, 0.25) is 0 Å². The second kappa shape index (κ2) is 7.97. The van der Waals surface area contributed by atoms with E-state index >= 15 is 0 Å². The number of nitrogens with zero attached hydrogens (tertiary/aromatic N) is 2. The largest absolute Gasteiger partial charge is 0.374 e. The summed E-state index contributed by atoms with van der Waals surface area (Å²) in [6.07, 6.45) is 0.172. The number of nitrogens with one attached hydrogen (secondary N) is 2. The normalized spacial score (nSPS) is 10.9. The Morgan fingerprint density at radius 2 is 2.04 bits per heavy atom. The van der Waals surface area contributed by atoms with Gasteiger partial charge in [0, 0.05) is 12.2 Å². The molecule has 0 unspecified atom stereocenters. The van der Waals surface area contributed by atoms with E-state index < -0.39 is 0 Å². The molecule has 24 heavy (non-hydrogen) atoms. The van der Waals surface area contributed by atoms with Crippen LogP contribution in [0.1, 0.15) is 37.7 Å². The lowest BCUT2D eigenvalue weighted by atomic mass is 10.2. The molecule has 0 spiro atoms. The van der Waals surface area contributed by atoms with Crippen LogP contribution in [0.5, 0.6) is 0 Å². The molecule has 0 bridgehead atoms. The second-order valence-corrected chi connectivity index (χ2v) is 6.00. The molecular weight excluding hydrogens is 304 g/mol. The first-order valence-corrected chi connectivity index (χ1v) is 8.23. The maximum Gasteiger partial charge on any atom is 0.323 e. The van der Waals surface area contributed by atoms with Crippen LogP contribution in [0.15, 0.2) is 24.3 Å². The highest BCUT2D eigenvalue weighted by molar-refractivity contribution is 6.00. The molecule has 6 nitrogen and oxygen atoms in total. The summed E-state index contributed by atoms with van der Waals surface area (Å²) >= 11 is 0. The number of ether oxygens (including phenoxy) is 1. The molecule has 130 valence electrons. The number of carbonyl (C=O) groups excluding carboxylic acids is 1. The van der Waals surface area contributed by atoms with Gasteiger partial charge < -0.3 is 15.4 Å². The summed E-state index contributed by atoms with van der Waals surface area (Å²) in [4.78, 5) is 12.3. The minimum absolute atomic E-state index is 0.172. The fraction of sp³-hybridized carbons (Fsp3) is 0.444. The fourth-order valence-electron chi connectivity index (χ4n) is 2.46. The van der Waals surface area contributed by atoms with E-state index in [0.717, 1.165) is 34.9 Å². The number of urea groups is 1. The minimum atomic E-state index is -0.279. The minimum Gasteiger partial charge on any atom is -0.374 e. The van der Waals surface area contributed by atoms with Gasteiger partial charge in [0.05, 0.1) is 29.8 Å². The van der Waals surface area contributed by atoms with Crippen LogP contribution in [-0.2, 0) is 17.9 Å². The Hall–Kier alpha value is -2.34. The molecule has 0 fully saturated rings. The third-order valence-electron chi connectivity index (χ3n) is 3.69. The van der Waals surface area contributed by atoms with Crippen LogP contribution in [0, 0.1) is 13.8 Å². The summed E-state index contributed by atoms with van der Waals surface area (Å²) in [5, 5.41) is 10.1. The van der Waals surface area contributed by atoms with Crippen molar-refractivity contribution in [1.29, 1.82) is 0 Å². The number of hydrogen-bond donors (Lipinski definition) is 2. The topological polar surface area (TPSA) is 68.2 Å². The Kier molecular flexibility index (Phi) is 5.98. The molecule has 0 aliphatic carbocycles. The molecule has 0 saturated heterocycles. The van der Waals surface area contributed by atoms with Crippen LogP contribution in [0.4, 0.5) is 16.2 Å². The van der Waals surface area contributed by atoms with E-state index in [1.165, 1.54) is 0 Å². The Labute approximate surface area is 143 Å². The van der Waals surface area contributed by atoms with Crippen LogP contribution in [-0.4, -0.2) is 21.9 Å². The van der Waals surface area contributed by atoms with Crippen LogP contribution >= 0.6 is 0 Å². The zero-order chi connectivity index (χ0) is 17.7. The molecule has 0 aliphatic heterocycles.